The fraction of sp³-hybridized carbons (Fsp3) is 0.294. The number of nitrogens with zero attached hydrogens (tertiary/aromatic N) is 1. The number of benzene rings is 1. The number of nitrogens with one attached hydrogen (secondary N) is 1. The zero-order valence-corrected chi connectivity index (χ0v) is 13.4. The van der Waals surface area contributed by atoms with Crippen LogP contribution in [0, 0.1) is 16.0 Å². The van der Waals surface area contributed by atoms with E-state index in [-0.39, 0.29) is 22.6 Å². The third-order valence-electron chi connectivity index (χ3n) is 4.72. The number of hydrogen-bond donors (Lipinski definition) is 1. The molecule has 2 aliphatic rings. The summed E-state index contributed by atoms with van der Waals surface area (Å²) in [5.74, 6) is 1.01. The normalized spacial score (nSPS) is 24.7. The van der Waals surface area contributed by atoms with Gasteiger partial charge in [0.05, 0.1) is 29.3 Å². The molecule has 0 spiro atoms. The summed E-state index contributed by atoms with van der Waals surface area (Å²) >= 11 is 1.71. The second-order valence-electron chi connectivity index (χ2n) is 5.82. The summed E-state index contributed by atoms with van der Waals surface area (Å²) in [7, 11) is 1.60. The smallest absolute Gasteiger partial charge is 0.275 e. The predicted molar refractivity (Wildman–Crippen MR) is 90.3 cm³/mol. The molecule has 5 nitrogen and oxygen atoms in total. The molecule has 3 atom stereocenters. The molecule has 1 aliphatic heterocycles. The number of nitro groups is 1. The van der Waals surface area contributed by atoms with E-state index in [4.69, 9.17) is 4.74 Å². The molecule has 2 heterocycles. The second-order valence-corrected chi connectivity index (χ2v) is 6.80. The molecule has 4 rings (SSSR count). The van der Waals surface area contributed by atoms with E-state index in [1.165, 1.54) is 4.88 Å². The number of thiophene rings is 1. The highest BCUT2D eigenvalue weighted by atomic mass is 32.1. The van der Waals surface area contributed by atoms with Crippen LogP contribution < -0.4 is 10.1 Å². The highest BCUT2D eigenvalue weighted by molar-refractivity contribution is 7.10. The predicted octanol–water partition coefficient (Wildman–Crippen LogP) is 4.49. The molecule has 0 amide bonds. The van der Waals surface area contributed by atoms with E-state index in [9.17, 15) is 10.1 Å². The molecule has 1 aliphatic carbocycles. The summed E-state index contributed by atoms with van der Waals surface area (Å²) < 4.78 is 5.46. The van der Waals surface area contributed by atoms with Crippen LogP contribution in [-0.4, -0.2) is 12.0 Å². The van der Waals surface area contributed by atoms with Crippen molar-refractivity contribution in [3.05, 3.63) is 62.4 Å². The van der Waals surface area contributed by atoms with Gasteiger partial charge in [-0.05, 0) is 29.9 Å². The van der Waals surface area contributed by atoms with Gasteiger partial charge in [0.2, 0.25) is 0 Å². The highest BCUT2D eigenvalue weighted by Gasteiger charge is 2.43. The molecule has 6 heteroatoms. The number of ether oxygens (including phenoxy) is 1. The number of methoxy groups -OCH3 is 1. The Morgan fingerprint density at radius 1 is 1.39 bits per heavy atom. The van der Waals surface area contributed by atoms with Crippen molar-refractivity contribution < 1.29 is 9.66 Å². The first-order valence-electron chi connectivity index (χ1n) is 7.52. The number of anilines is 1. The fourth-order valence-electron chi connectivity index (χ4n) is 3.74. The SMILES string of the molecule is COc1ccc([N+](=O)[O-])c2c1NC(c1cccs1)C1CC=CC21. The van der Waals surface area contributed by atoms with Crippen molar-refractivity contribution in [2.24, 2.45) is 5.92 Å². The van der Waals surface area contributed by atoms with Gasteiger partial charge in [0.15, 0.2) is 0 Å². The number of rotatable bonds is 3. The Hall–Kier alpha value is -2.34. The van der Waals surface area contributed by atoms with Crippen molar-refractivity contribution in [3.63, 3.8) is 0 Å². The molecular weight excluding hydrogens is 312 g/mol. The van der Waals surface area contributed by atoms with Crippen molar-refractivity contribution in [2.75, 3.05) is 12.4 Å². The summed E-state index contributed by atoms with van der Waals surface area (Å²) in [6.45, 7) is 0. The maximum Gasteiger partial charge on any atom is 0.275 e. The highest BCUT2D eigenvalue weighted by Crippen LogP contribution is 2.55. The number of hydrogen-bond acceptors (Lipinski definition) is 5. The molecule has 3 unspecified atom stereocenters. The van der Waals surface area contributed by atoms with Crippen LogP contribution in [0.25, 0.3) is 0 Å². The lowest BCUT2D eigenvalue weighted by Gasteiger charge is -2.36. The van der Waals surface area contributed by atoms with Crippen LogP contribution in [-0.2, 0) is 0 Å². The van der Waals surface area contributed by atoms with Crippen molar-refractivity contribution in [1.82, 2.24) is 0 Å². The molecule has 1 N–H and O–H groups in total. The van der Waals surface area contributed by atoms with Crippen molar-refractivity contribution in [2.45, 2.75) is 18.4 Å². The molecule has 0 fully saturated rings. The second kappa shape index (κ2) is 5.38. The first-order chi connectivity index (χ1) is 11.2. The Kier molecular flexibility index (Phi) is 3.34. The summed E-state index contributed by atoms with van der Waals surface area (Å²) in [5, 5.41) is 17.1. The minimum atomic E-state index is -0.297. The van der Waals surface area contributed by atoms with Crippen LogP contribution >= 0.6 is 11.3 Å². The van der Waals surface area contributed by atoms with Gasteiger partial charge < -0.3 is 10.1 Å². The summed E-state index contributed by atoms with van der Waals surface area (Å²) in [6.07, 6.45) is 5.17. The Morgan fingerprint density at radius 2 is 2.26 bits per heavy atom. The first-order valence-corrected chi connectivity index (χ1v) is 8.40. The Morgan fingerprint density at radius 3 is 2.96 bits per heavy atom. The van der Waals surface area contributed by atoms with Gasteiger partial charge in [0.25, 0.3) is 5.69 Å². The van der Waals surface area contributed by atoms with Crippen LogP contribution in [0.1, 0.15) is 28.8 Å². The van der Waals surface area contributed by atoms with E-state index < -0.39 is 0 Å². The molecule has 118 valence electrons. The largest absolute Gasteiger partial charge is 0.495 e. The molecule has 0 saturated carbocycles. The van der Waals surface area contributed by atoms with Crippen molar-refractivity contribution >= 4 is 22.7 Å². The first kappa shape index (κ1) is 14.3. The van der Waals surface area contributed by atoms with E-state index >= 15 is 0 Å². The van der Waals surface area contributed by atoms with Gasteiger partial charge in [0, 0.05) is 16.9 Å². The molecule has 0 saturated heterocycles. The Bertz CT molecular complexity index is 785. The molecule has 1 aromatic heterocycles. The zero-order valence-electron chi connectivity index (χ0n) is 12.6. The van der Waals surface area contributed by atoms with Gasteiger partial charge in [-0.3, -0.25) is 10.1 Å². The molecule has 0 bridgehead atoms. The number of nitro benzene ring substituents is 1. The van der Waals surface area contributed by atoms with Crippen LogP contribution in [0.4, 0.5) is 11.4 Å². The molecule has 1 aromatic carbocycles. The zero-order chi connectivity index (χ0) is 16.0. The van der Waals surface area contributed by atoms with Gasteiger partial charge >= 0.3 is 0 Å². The van der Waals surface area contributed by atoms with Gasteiger partial charge in [0.1, 0.15) is 5.75 Å². The van der Waals surface area contributed by atoms with E-state index in [2.05, 4.69) is 28.9 Å². The van der Waals surface area contributed by atoms with E-state index in [1.54, 1.807) is 30.6 Å². The Balaban J connectivity index is 1.91. The van der Waals surface area contributed by atoms with Crippen LogP contribution in [0.2, 0.25) is 0 Å². The molecule has 2 aromatic rings. The van der Waals surface area contributed by atoms with Gasteiger partial charge in [-0.1, -0.05) is 18.2 Å². The van der Waals surface area contributed by atoms with Gasteiger partial charge in [-0.2, -0.15) is 0 Å². The van der Waals surface area contributed by atoms with Crippen LogP contribution in [0.5, 0.6) is 5.75 Å². The fourth-order valence-corrected chi connectivity index (χ4v) is 4.59. The maximum absolute atomic E-state index is 11.5. The summed E-state index contributed by atoms with van der Waals surface area (Å²) in [5.41, 5.74) is 1.67. The third-order valence-corrected chi connectivity index (χ3v) is 5.68. The topological polar surface area (TPSA) is 64.4 Å². The lowest BCUT2D eigenvalue weighted by molar-refractivity contribution is -0.385. The summed E-state index contributed by atoms with van der Waals surface area (Å²) in [6, 6.07) is 7.53. The third kappa shape index (κ3) is 2.13. The van der Waals surface area contributed by atoms with Crippen LogP contribution in [0.15, 0.2) is 41.8 Å². The average Bonchev–Trinajstić information content (AvgIpc) is 3.24. The van der Waals surface area contributed by atoms with E-state index in [0.717, 1.165) is 17.7 Å². The maximum atomic E-state index is 11.5. The Labute approximate surface area is 137 Å². The minimum absolute atomic E-state index is 0.0499. The standard InChI is InChI=1S/C17H16N2O3S/c1-22-13-8-7-12(19(20)21)15-10-4-2-5-11(10)16(18-17(13)15)14-6-3-9-23-14/h2-4,6-11,16,18H,5H2,1H3. The quantitative estimate of drug-likeness (QED) is 0.512. The van der Waals surface area contributed by atoms with Gasteiger partial charge in [-0.15, -0.1) is 11.3 Å². The average molecular weight is 328 g/mol. The molecular formula is C17H16N2O3S. The van der Waals surface area contributed by atoms with Crippen molar-refractivity contribution in [3.8, 4) is 5.75 Å². The lowest BCUT2D eigenvalue weighted by atomic mass is 9.78. The number of fused-ring (bicyclic) bond motifs is 3. The number of allylic oxidation sites excluding steroid dienone is 2. The van der Waals surface area contributed by atoms with Gasteiger partial charge in [-0.25, -0.2) is 0 Å². The minimum Gasteiger partial charge on any atom is -0.495 e. The summed E-state index contributed by atoms with van der Waals surface area (Å²) in [4.78, 5) is 12.4. The van der Waals surface area contributed by atoms with Crippen molar-refractivity contribution in [1.29, 1.82) is 0 Å². The molecule has 23 heavy (non-hydrogen) atoms. The monoisotopic (exact) mass is 328 g/mol. The van der Waals surface area contributed by atoms with E-state index in [1.807, 2.05) is 6.07 Å². The van der Waals surface area contributed by atoms with Crippen LogP contribution in [0.3, 0.4) is 0 Å². The lowest BCUT2D eigenvalue weighted by Crippen LogP contribution is -2.29. The van der Waals surface area contributed by atoms with E-state index in [0.29, 0.717) is 11.7 Å². The molecule has 0 radical (unpaired) electrons.